The standard InChI is InChI=1S/C18H29N3O2/c1-3-19-18(20-12-13-22-4-2)21-14-15-8-5-6-11-17(15)23-16-9-7-10-16/h5-6,8,11,16H,3-4,7,9-10,12-14H2,1-2H3,(H2,19,20,21). The number of para-hydroxylation sites is 1. The van der Waals surface area contributed by atoms with Crippen LogP contribution in [0.3, 0.4) is 0 Å². The molecule has 0 atom stereocenters. The molecule has 0 saturated heterocycles. The fourth-order valence-electron chi connectivity index (χ4n) is 2.31. The zero-order valence-electron chi connectivity index (χ0n) is 14.3. The summed E-state index contributed by atoms with van der Waals surface area (Å²) < 4.78 is 11.4. The van der Waals surface area contributed by atoms with Crippen molar-refractivity contribution in [2.24, 2.45) is 4.99 Å². The van der Waals surface area contributed by atoms with E-state index in [0.29, 0.717) is 19.3 Å². The first-order valence-electron chi connectivity index (χ1n) is 8.68. The Hall–Kier alpha value is -1.75. The molecule has 2 N–H and O–H groups in total. The third-order valence-electron chi connectivity index (χ3n) is 3.81. The molecule has 1 saturated carbocycles. The van der Waals surface area contributed by atoms with E-state index in [4.69, 9.17) is 9.47 Å². The van der Waals surface area contributed by atoms with E-state index in [1.165, 1.54) is 19.3 Å². The van der Waals surface area contributed by atoms with Crippen LogP contribution in [0.5, 0.6) is 5.75 Å². The predicted molar refractivity (Wildman–Crippen MR) is 94.0 cm³/mol. The van der Waals surface area contributed by atoms with Gasteiger partial charge in [-0.05, 0) is 39.2 Å². The largest absolute Gasteiger partial charge is 0.490 e. The van der Waals surface area contributed by atoms with Gasteiger partial charge in [-0.25, -0.2) is 4.99 Å². The lowest BCUT2D eigenvalue weighted by Crippen LogP contribution is -2.39. The van der Waals surface area contributed by atoms with Crippen molar-refractivity contribution in [3.8, 4) is 5.75 Å². The summed E-state index contributed by atoms with van der Waals surface area (Å²) in [6.45, 7) is 7.67. The highest BCUT2D eigenvalue weighted by Gasteiger charge is 2.20. The van der Waals surface area contributed by atoms with Crippen LogP contribution >= 0.6 is 0 Å². The van der Waals surface area contributed by atoms with Gasteiger partial charge in [-0.1, -0.05) is 18.2 Å². The highest BCUT2D eigenvalue weighted by atomic mass is 16.5. The van der Waals surface area contributed by atoms with Gasteiger partial charge in [0.2, 0.25) is 0 Å². The summed E-state index contributed by atoms with van der Waals surface area (Å²) in [5.74, 6) is 1.77. The molecule has 0 unspecified atom stereocenters. The molecule has 23 heavy (non-hydrogen) atoms. The van der Waals surface area contributed by atoms with Gasteiger partial charge >= 0.3 is 0 Å². The molecule has 0 aromatic heterocycles. The average molecular weight is 319 g/mol. The Balaban J connectivity index is 1.91. The Morgan fingerprint density at radius 1 is 1.22 bits per heavy atom. The first-order chi connectivity index (χ1) is 11.3. The predicted octanol–water partition coefficient (Wildman–Crippen LogP) is 2.71. The van der Waals surface area contributed by atoms with Crippen LogP contribution in [0.15, 0.2) is 29.3 Å². The molecule has 5 heteroatoms. The van der Waals surface area contributed by atoms with Gasteiger partial charge in [0, 0.05) is 25.3 Å². The number of guanidine groups is 1. The summed E-state index contributed by atoms with van der Waals surface area (Å²) in [6.07, 6.45) is 4.00. The molecule has 0 bridgehead atoms. The van der Waals surface area contributed by atoms with E-state index in [9.17, 15) is 0 Å². The zero-order valence-corrected chi connectivity index (χ0v) is 14.3. The van der Waals surface area contributed by atoms with Gasteiger partial charge < -0.3 is 20.1 Å². The molecule has 0 spiro atoms. The van der Waals surface area contributed by atoms with Gasteiger partial charge in [0.1, 0.15) is 5.75 Å². The lowest BCUT2D eigenvalue weighted by molar-refractivity contribution is 0.119. The van der Waals surface area contributed by atoms with Crippen molar-refractivity contribution < 1.29 is 9.47 Å². The van der Waals surface area contributed by atoms with E-state index in [0.717, 1.165) is 37.0 Å². The number of rotatable bonds is 9. The minimum absolute atomic E-state index is 0.387. The molecule has 2 rings (SSSR count). The number of nitrogens with zero attached hydrogens (tertiary/aromatic N) is 1. The summed E-state index contributed by atoms with van der Waals surface area (Å²) in [7, 11) is 0. The van der Waals surface area contributed by atoms with Crippen molar-refractivity contribution in [3.05, 3.63) is 29.8 Å². The molecular formula is C18H29N3O2. The number of nitrogens with one attached hydrogen (secondary N) is 2. The number of benzene rings is 1. The van der Waals surface area contributed by atoms with Gasteiger partial charge in [-0.3, -0.25) is 0 Å². The molecule has 0 heterocycles. The van der Waals surface area contributed by atoms with Gasteiger partial charge in [-0.15, -0.1) is 0 Å². The molecule has 1 aliphatic rings. The maximum absolute atomic E-state index is 6.06. The normalized spacial score (nSPS) is 15.1. The Bertz CT molecular complexity index is 487. The van der Waals surface area contributed by atoms with Gasteiger partial charge in [-0.2, -0.15) is 0 Å². The molecule has 1 aromatic carbocycles. The number of hydrogen-bond donors (Lipinski definition) is 2. The smallest absolute Gasteiger partial charge is 0.191 e. The molecule has 1 fully saturated rings. The molecule has 0 aliphatic heterocycles. The molecule has 1 aromatic rings. The zero-order chi connectivity index (χ0) is 16.3. The van der Waals surface area contributed by atoms with Crippen LogP contribution in [0, 0.1) is 0 Å². The van der Waals surface area contributed by atoms with Crippen LogP contribution in [0.1, 0.15) is 38.7 Å². The molecule has 0 radical (unpaired) electrons. The summed E-state index contributed by atoms with van der Waals surface area (Å²) in [6, 6.07) is 8.18. The Morgan fingerprint density at radius 2 is 2.04 bits per heavy atom. The molecular weight excluding hydrogens is 290 g/mol. The highest BCUT2D eigenvalue weighted by molar-refractivity contribution is 5.79. The quantitative estimate of drug-likeness (QED) is 0.417. The maximum Gasteiger partial charge on any atom is 0.191 e. The summed E-state index contributed by atoms with van der Waals surface area (Å²) >= 11 is 0. The van der Waals surface area contributed by atoms with Gasteiger partial charge in [0.15, 0.2) is 5.96 Å². The number of ether oxygens (including phenoxy) is 2. The van der Waals surface area contributed by atoms with Crippen molar-refractivity contribution in [1.82, 2.24) is 10.6 Å². The number of hydrogen-bond acceptors (Lipinski definition) is 3. The second-order valence-electron chi connectivity index (χ2n) is 5.60. The lowest BCUT2D eigenvalue weighted by Gasteiger charge is -2.27. The van der Waals surface area contributed by atoms with E-state index in [2.05, 4.69) is 28.6 Å². The van der Waals surface area contributed by atoms with Crippen molar-refractivity contribution >= 4 is 5.96 Å². The summed E-state index contributed by atoms with van der Waals surface area (Å²) in [5, 5.41) is 6.54. The Kier molecular flexibility index (Phi) is 7.73. The highest BCUT2D eigenvalue weighted by Crippen LogP contribution is 2.27. The van der Waals surface area contributed by atoms with Crippen molar-refractivity contribution in [2.45, 2.75) is 45.8 Å². The fraction of sp³-hybridized carbons (Fsp3) is 0.611. The Labute approximate surface area is 139 Å². The van der Waals surface area contributed by atoms with Crippen LogP contribution in [-0.4, -0.2) is 38.4 Å². The topological polar surface area (TPSA) is 54.9 Å². The van der Waals surface area contributed by atoms with Gasteiger partial charge in [0.05, 0.1) is 19.3 Å². The van der Waals surface area contributed by atoms with Gasteiger partial charge in [0.25, 0.3) is 0 Å². The maximum atomic E-state index is 6.06. The van der Waals surface area contributed by atoms with E-state index in [1.54, 1.807) is 0 Å². The van der Waals surface area contributed by atoms with Crippen molar-refractivity contribution in [1.29, 1.82) is 0 Å². The number of aliphatic imine (C=N–C) groups is 1. The minimum Gasteiger partial charge on any atom is -0.490 e. The van der Waals surface area contributed by atoms with Crippen molar-refractivity contribution in [2.75, 3.05) is 26.3 Å². The van der Waals surface area contributed by atoms with Crippen LogP contribution in [0.25, 0.3) is 0 Å². The molecule has 1 aliphatic carbocycles. The minimum atomic E-state index is 0.387. The van der Waals surface area contributed by atoms with E-state index < -0.39 is 0 Å². The van der Waals surface area contributed by atoms with Crippen LogP contribution in [-0.2, 0) is 11.3 Å². The first-order valence-corrected chi connectivity index (χ1v) is 8.68. The monoisotopic (exact) mass is 319 g/mol. The second kappa shape index (κ2) is 10.1. The SMILES string of the molecule is CCNC(=NCc1ccccc1OC1CCC1)NCCOCC. The van der Waals surface area contributed by atoms with Crippen LogP contribution in [0.4, 0.5) is 0 Å². The molecule has 128 valence electrons. The lowest BCUT2D eigenvalue weighted by atomic mass is 9.96. The molecule has 5 nitrogen and oxygen atoms in total. The second-order valence-corrected chi connectivity index (χ2v) is 5.60. The van der Waals surface area contributed by atoms with Crippen LogP contribution < -0.4 is 15.4 Å². The summed E-state index contributed by atoms with van der Waals surface area (Å²) in [4.78, 5) is 4.65. The van der Waals surface area contributed by atoms with E-state index >= 15 is 0 Å². The van der Waals surface area contributed by atoms with E-state index in [1.807, 2.05) is 25.1 Å². The average Bonchev–Trinajstić information content (AvgIpc) is 2.53. The first kappa shape index (κ1) is 17.6. The van der Waals surface area contributed by atoms with Crippen molar-refractivity contribution in [3.63, 3.8) is 0 Å². The molecule has 0 amide bonds. The summed E-state index contributed by atoms with van der Waals surface area (Å²) in [5.41, 5.74) is 1.13. The van der Waals surface area contributed by atoms with E-state index in [-0.39, 0.29) is 0 Å². The fourth-order valence-corrected chi connectivity index (χ4v) is 2.31. The third kappa shape index (κ3) is 6.10. The Morgan fingerprint density at radius 3 is 2.74 bits per heavy atom. The third-order valence-corrected chi connectivity index (χ3v) is 3.81. The van der Waals surface area contributed by atoms with Crippen LogP contribution in [0.2, 0.25) is 0 Å².